The predicted octanol–water partition coefficient (Wildman–Crippen LogP) is 3.69. The molecule has 0 atom stereocenters. The van der Waals surface area contributed by atoms with Crippen LogP contribution < -0.4 is 0 Å². The molecule has 0 radical (unpaired) electrons. The summed E-state index contributed by atoms with van der Waals surface area (Å²) in [5, 5.41) is 9.18. The monoisotopic (exact) mass is 248 g/mol. The van der Waals surface area contributed by atoms with E-state index < -0.39 is 0 Å². The second-order valence-electron chi connectivity index (χ2n) is 5.00. The Morgan fingerprint density at radius 3 is 2.17 bits per heavy atom. The molecule has 1 aliphatic rings. The summed E-state index contributed by atoms with van der Waals surface area (Å²) in [7, 11) is 0. The first kappa shape index (κ1) is 17.0. The average Bonchev–Trinajstić information content (AvgIpc) is 2.42. The summed E-state index contributed by atoms with van der Waals surface area (Å²) in [6, 6.07) is 2.50. The van der Waals surface area contributed by atoms with E-state index in [0.717, 1.165) is 38.9 Å². The molecule has 0 aromatic heterocycles. The lowest BCUT2D eigenvalue weighted by atomic mass is 9.78. The van der Waals surface area contributed by atoms with Crippen molar-refractivity contribution in [2.45, 2.75) is 53.9 Å². The first-order valence-corrected chi connectivity index (χ1v) is 7.24. The summed E-state index contributed by atoms with van der Waals surface area (Å²) in [5.74, 6) is 6.85. The lowest BCUT2D eigenvalue weighted by Crippen LogP contribution is -2.39. The van der Waals surface area contributed by atoms with Crippen molar-refractivity contribution in [2.24, 2.45) is 11.3 Å². The van der Waals surface area contributed by atoms with E-state index in [9.17, 15) is 5.26 Å². The molecular weight excluding hydrogens is 220 g/mol. The highest BCUT2D eigenvalue weighted by Gasteiger charge is 2.32. The molecule has 0 bridgehead atoms. The maximum Gasteiger partial charge on any atom is 0.0690 e. The number of nitriles is 1. The Labute approximate surface area is 113 Å². The number of likely N-dealkylation sites (tertiary alicyclic amines) is 1. The van der Waals surface area contributed by atoms with Crippen LogP contribution in [-0.4, -0.2) is 24.5 Å². The lowest BCUT2D eigenvalue weighted by molar-refractivity contribution is 0.155. The van der Waals surface area contributed by atoms with Crippen molar-refractivity contribution in [1.82, 2.24) is 4.90 Å². The zero-order valence-electron chi connectivity index (χ0n) is 12.7. The van der Waals surface area contributed by atoms with Gasteiger partial charge in [0.15, 0.2) is 0 Å². The maximum atomic E-state index is 9.18. The highest BCUT2D eigenvalue weighted by atomic mass is 15.1. The molecule has 0 aromatic carbocycles. The van der Waals surface area contributed by atoms with Crippen LogP contribution in [-0.2, 0) is 0 Å². The van der Waals surface area contributed by atoms with Crippen molar-refractivity contribution in [3.8, 4) is 17.9 Å². The van der Waals surface area contributed by atoms with Crippen LogP contribution >= 0.6 is 0 Å². The molecule has 102 valence electrons. The molecule has 0 saturated carbocycles. The van der Waals surface area contributed by atoms with E-state index in [-0.39, 0.29) is 5.41 Å². The van der Waals surface area contributed by atoms with Gasteiger partial charge in [-0.05, 0) is 19.3 Å². The minimum atomic E-state index is -0.0536. The average molecular weight is 248 g/mol. The van der Waals surface area contributed by atoms with Gasteiger partial charge in [0.2, 0.25) is 0 Å². The highest BCUT2D eigenvalue weighted by molar-refractivity contribution is 5.06. The summed E-state index contributed by atoms with van der Waals surface area (Å²) in [5.41, 5.74) is -0.0536. The van der Waals surface area contributed by atoms with Gasteiger partial charge in [-0.3, -0.25) is 4.90 Å². The van der Waals surface area contributed by atoms with Gasteiger partial charge in [0, 0.05) is 19.0 Å². The number of hydrogen-bond donors (Lipinski definition) is 0. The Bertz CT molecular complexity index is 306. The zero-order chi connectivity index (χ0) is 14.0. The van der Waals surface area contributed by atoms with Crippen molar-refractivity contribution in [2.75, 3.05) is 19.6 Å². The van der Waals surface area contributed by atoms with Gasteiger partial charge in [-0.1, -0.05) is 46.5 Å². The van der Waals surface area contributed by atoms with Crippen molar-refractivity contribution >= 4 is 0 Å². The van der Waals surface area contributed by atoms with E-state index >= 15 is 0 Å². The van der Waals surface area contributed by atoms with E-state index in [1.165, 1.54) is 0 Å². The van der Waals surface area contributed by atoms with Crippen LogP contribution in [0, 0.1) is 34.5 Å². The smallest absolute Gasteiger partial charge is 0.0690 e. The molecule has 1 aliphatic heterocycles. The molecule has 0 spiro atoms. The Morgan fingerprint density at radius 2 is 1.78 bits per heavy atom. The second-order valence-corrected chi connectivity index (χ2v) is 5.00. The maximum absolute atomic E-state index is 9.18. The van der Waals surface area contributed by atoms with E-state index in [1.54, 1.807) is 0 Å². The van der Waals surface area contributed by atoms with Crippen molar-refractivity contribution in [3.63, 3.8) is 0 Å². The van der Waals surface area contributed by atoms with Gasteiger partial charge in [-0.2, -0.15) is 5.26 Å². The molecular formula is C16H28N2. The minimum Gasteiger partial charge on any atom is -0.292 e. The van der Waals surface area contributed by atoms with Gasteiger partial charge >= 0.3 is 0 Å². The molecule has 1 rings (SSSR count). The quantitative estimate of drug-likeness (QED) is 0.697. The van der Waals surface area contributed by atoms with Crippen molar-refractivity contribution in [3.05, 3.63) is 0 Å². The molecule has 1 saturated heterocycles. The molecule has 0 aliphatic carbocycles. The summed E-state index contributed by atoms with van der Waals surface area (Å²) >= 11 is 0. The second kappa shape index (κ2) is 9.01. The van der Waals surface area contributed by atoms with Crippen LogP contribution in [0.2, 0.25) is 0 Å². The van der Waals surface area contributed by atoms with E-state index in [2.05, 4.69) is 43.6 Å². The Balaban J connectivity index is 0.00000137. The minimum absolute atomic E-state index is 0.0536. The van der Waals surface area contributed by atoms with Crippen LogP contribution in [0.4, 0.5) is 0 Å². The molecule has 2 nitrogen and oxygen atoms in total. The molecule has 2 heteroatoms. The Hall–Kier alpha value is -0.990. The van der Waals surface area contributed by atoms with Crippen LogP contribution in [0.15, 0.2) is 0 Å². The third-order valence-corrected chi connectivity index (χ3v) is 3.42. The standard InChI is InChI=1S/C14H22N2.C2H6/c1-4-14(12-15)7-10-16(11-8-14)9-5-6-13(2)3;1-2/h13H,4,7-11H2,1-3H3;1-2H3. The first-order chi connectivity index (χ1) is 8.62. The first-order valence-electron chi connectivity index (χ1n) is 7.24. The molecule has 18 heavy (non-hydrogen) atoms. The number of rotatable bonds is 2. The molecule has 1 fully saturated rings. The van der Waals surface area contributed by atoms with Crippen LogP contribution in [0.3, 0.4) is 0 Å². The summed E-state index contributed by atoms with van der Waals surface area (Å²) < 4.78 is 0. The fourth-order valence-electron chi connectivity index (χ4n) is 2.05. The van der Waals surface area contributed by atoms with Gasteiger partial charge in [0.25, 0.3) is 0 Å². The summed E-state index contributed by atoms with van der Waals surface area (Å²) in [6.45, 7) is 13.3. The molecule has 1 heterocycles. The highest BCUT2D eigenvalue weighted by Crippen LogP contribution is 2.33. The van der Waals surface area contributed by atoms with Crippen LogP contribution in [0.25, 0.3) is 0 Å². The summed E-state index contributed by atoms with van der Waals surface area (Å²) in [6.07, 6.45) is 2.99. The Morgan fingerprint density at radius 1 is 1.22 bits per heavy atom. The van der Waals surface area contributed by atoms with E-state index in [4.69, 9.17) is 0 Å². The largest absolute Gasteiger partial charge is 0.292 e. The predicted molar refractivity (Wildman–Crippen MR) is 78.0 cm³/mol. The fourth-order valence-corrected chi connectivity index (χ4v) is 2.05. The lowest BCUT2D eigenvalue weighted by Gasteiger charge is -2.35. The van der Waals surface area contributed by atoms with Gasteiger partial charge in [-0.25, -0.2) is 0 Å². The van der Waals surface area contributed by atoms with Gasteiger partial charge < -0.3 is 0 Å². The van der Waals surface area contributed by atoms with Crippen molar-refractivity contribution in [1.29, 1.82) is 5.26 Å². The van der Waals surface area contributed by atoms with Crippen molar-refractivity contribution < 1.29 is 0 Å². The normalized spacial score (nSPS) is 18.1. The number of nitrogens with zero attached hydrogens (tertiary/aromatic N) is 2. The zero-order valence-corrected chi connectivity index (χ0v) is 12.7. The topological polar surface area (TPSA) is 27.0 Å². The van der Waals surface area contributed by atoms with Gasteiger partial charge in [0.05, 0.1) is 18.0 Å². The third kappa shape index (κ3) is 5.56. The number of hydrogen-bond acceptors (Lipinski definition) is 2. The molecule has 0 amide bonds. The summed E-state index contributed by atoms with van der Waals surface area (Å²) in [4.78, 5) is 2.36. The SMILES string of the molecule is CC.CCC1(C#N)CCN(CC#CC(C)C)CC1. The van der Waals surface area contributed by atoms with Gasteiger partial charge in [-0.15, -0.1) is 0 Å². The molecule has 0 aromatic rings. The third-order valence-electron chi connectivity index (χ3n) is 3.42. The van der Waals surface area contributed by atoms with E-state index in [1.807, 2.05) is 13.8 Å². The number of piperidine rings is 1. The van der Waals surface area contributed by atoms with Crippen LogP contribution in [0.5, 0.6) is 0 Å². The van der Waals surface area contributed by atoms with Crippen LogP contribution in [0.1, 0.15) is 53.9 Å². The Kier molecular flexibility index (Phi) is 8.51. The van der Waals surface area contributed by atoms with E-state index in [0.29, 0.717) is 5.92 Å². The molecule has 0 unspecified atom stereocenters. The molecule has 0 N–H and O–H groups in total. The van der Waals surface area contributed by atoms with Gasteiger partial charge in [0.1, 0.15) is 0 Å². The fraction of sp³-hybridized carbons (Fsp3) is 0.812.